The average molecular weight is 141 g/mol. The van der Waals surface area contributed by atoms with Gasteiger partial charge < -0.3 is 5.73 Å². The Balaban J connectivity index is 3.92. The van der Waals surface area contributed by atoms with Crippen molar-refractivity contribution in [3.8, 4) is 0 Å². The first-order valence-electron chi connectivity index (χ1n) is 3.01. The highest BCUT2D eigenvalue weighted by atomic mass is 16.1. The fourth-order valence-corrected chi connectivity index (χ4v) is 0.273. The van der Waals surface area contributed by atoms with E-state index >= 15 is 0 Å². The van der Waals surface area contributed by atoms with Gasteiger partial charge in [-0.3, -0.25) is 9.79 Å². The standard InChI is InChI=1S/C6H11N3O/c1-3-8-4-9-5(2)6(7)10/h4H,3H2,1-2H3,(H2,7,10)/b8-4-,9-5+. The van der Waals surface area contributed by atoms with Gasteiger partial charge in [-0.15, -0.1) is 0 Å². The maximum atomic E-state index is 10.3. The van der Waals surface area contributed by atoms with E-state index in [0.29, 0.717) is 6.54 Å². The molecule has 56 valence electrons. The Kier molecular flexibility index (Phi) is 4.11. The van der Waals surface area contributed by atoms with Crippen LogP contribution in [0.5, 0.6) is 0 Å². The number of carbonyl (C=O) groups excluding carboxylic acids is 1. The number of carbonyl (C=O) groups is 1. The van der Waals surface area contributed by atoms with E-state index < -0.39 is 5.91 Å². The van der Waals surface area contributed by atoms with Crippen molar-refractivity contribution in [3.63, 3.8) is 0 Å². The molecule has 0 radical (unpaired) electrons. The largest absolute Gasteiger partial charge is 0.365 e. The third-order valence-electron chi connectivity index (χ3n) is 0.872. The maximum Gasteiger partial charge on any atom is 0.262 e. The smallest absolute Gasteiger partial charge is 0.262 e. The minimum atomic E-state index is -0.512. The lowest BCUT2D eigenvalue weighted by Crippen LogP contribution is -2.20. The Hall–Kier alpha value is -1.19. The summed E-state index contributed by atoms with van der Waals surface area (Å²) < 4.78 is 0. The highest BCUT2D eigenvalue weighted by Crippen LogP contribution is 1.73. The Morgan fingerprint density at radius 3 is 2.70 bits per heavy atom. The molecule has 0 unspecified atom stereocenters. The molecule has 0 aliphatic rings. The summed E-state index contributed by atoms with van der Waals surface area (Å²) in [5.41, 5.74) is 5.16. The van der Waals surface area contributed by atoms with E-state index in [1.165, 1.54) is 6.34 Å². The molecule has 1 amide bonds. The molecule has 0 aromatic carbocycles. The summed E-state index contributed by atoms with van der Waals surface area (Å²) in [7, 11) is 0. The average Bonchev–Trinajstić information content (AvgIpc) is 1.88. The molecule has 0 saturated heterocycles. The van der Waals surface area contributed by atoms with Crippen molar-refractivity contribution in [3.05, 3.63) is 0 Å². The van der Waals surface area contributed by atoms with Gasteiger partial charge in [0.05, 0.1) is 0 Å². The van der Waals surface area contributed by atoms with E-state index in [0.717, 1.165) is 0 Å². The molecule has 0 aliphatic heterocycles. The number of nitrogens with two attached hydrogens (primary N) is 1. The van der Waals surface area contributed by atoms with E-state index in [4.69, 9.17) is 5.73 Å². The molecule has 2 N–H and O–H groups in total. The quantitative estimate of drug-likeness (QED) is 0.435. The second kappa shape index (κ2) is 4.67. The highest BCUT2D eigenvalue weighted by molar-refractivity contribution is 6.38. The number of primary amides is 1. The van der Waals surface area contributed by atoms with Crippen LogP contribution in [0.1, 0.15) is 13.8 Å². The van der Waals surface area contributed by atoms with Gasteiger partial charge in [-0.2, -0.15) is 0 Å². The molecule has 0 aliphatic carbocycles. The van der Waals surface area contributed by atoms with Crippen molar-refractivity contribution in [2.75, 3.05) is 6.54 Å². The molecule has 4 heteroatoms. The van der Waals surface area contributed by atoms with Crippen LogP contribution in [0.2, 0.25) is 0 Å². The zero-order valence-corrected chi connectivity index (χ0v) is 6.16. The highest BCUT2D eigenvalue weighted by Gasteiger charge is 1.94. The van der Waals surface area contributed by atoms with Crippen molar-refractivity contribution >= 4 is 18.0 Å². The minimum Gasteiger partial charge on any atom is -0.365 e. The van der Waals surface area contributed by atoms with Gasteiger partial charge in [0.15, 0.2) is 0 Å². The zero-order chi connectivity index (χ0) is 7.98. The van der Waals surface area contributed by atoms with Crippen LogP contribution in [0.25, 0.3) is 0 Å². The van der Waals surface area contributed by atoms with Crippen LogP contribution in [-0.2, 0) is 4.79 Å². The third kappa shape index (κ3) is 3.77. The normalized spacial score (nSPS) is 12.4. The van der Waals surface area contributed by atoms with Crippen molar-refractivity contribution in [1.82, 2.24) is 0 Å². The van der Waals surface area contributed by atoms with Crippen molar-refractivity contribution in [1.29, 1.82) is 0 Å². The Labute approximate surface area is 59.9 Å². The summed E-state index contributed by atoms with van der Waals surface area (Å²) in [6, 6.07) is 0. The van der Waals surface area contributed by atoms with Gasteiger partial charge in [-0.05, 0) is 13.8 Å². The Morgan fingerprint density at radius 2 is 2.30 bits per heavy atom. The van der Waals surface area contributed by atoms with Crippen molar-refractivity contribution < 1.29 is 4.79 Å². The van der Waals surface area contributed by atoms with Gasteiger partial charge in [-0.25, -0.2) is 4.99 Å². The number of rotatable bonds is 3. The molecule has 0 aromatic rings. The van der Waals surface area contributed by atoms with Crippen LogP contribution in [0.4, 0.5) is 0 Å². The molecule has 0 rings (SSSR count). The summed E-state index contributed by atoms with van der Waals surface area (Å²) in [6.07, 6.45) is 1.33. The molecular formula is C6H11N3O. The topological polar surface area (TPSA) is 67.8 Å². The molecule has 0 saturated carbocycles. The van der Waals surface area contributed by atoms with Crippen LogP contribution < -0.4 is 5.73 Å². The maximum absolute atomic E-state index is 10.3. The molecule has 0 atom stereocenters. The number of nitrogens with zero attached hydrogens (tertiary/aromatic N) is 2. The summed E-state index contributed by atoms with van der Waals surface area (Å²) in [4.78, 5) is 17.8. The summed E-state index contributed by atoms with van der Waals surface area (Å²) in [6.45, 7) is 4.09. The molecular weight excluding hydrogens is 130 g/mol. The number of hydrogen-bond donors (Lipinski definition) is 1. The molecule has 0 aromatic heterocycles. The van der Waals surface area contributed by atoms with Gasteiger partial charge in [0, 0.05) is 6.54 Å². The van der Waals surface area contributed by atoms with Gasteiger partial charge in [0.25, 0.3) is 5.91 Å². The summed E-state index contributed by atoms with van der Waals surface area (Å²) >= 11 is 0. The number of amides is 1. The lowest BCUT2D eigenvalue weighted by Gasteiger charge is -1.86. The Bertz CT molecular complexity index is 172. The predicted octanol–water partition coefficient (Wildman–Crippen LogP) is -0.0192. The Morgan fingerprint density at radius 1 is 1.70 bits per heavy atom. The molecule has 4 nitrogen and oxygen atoms in total. The predicted molar refractivity (Wildman–Crippen MR) is 41.3 cm³/mol. The van der Waals surface area contributed by atoms with Crippen LogP contribution >= 0.6 is 0 Å². The summed E-state index contributed by atoms with van der Waals surface area (Å²) in [5.74, 6) is -0.512. The van der Waals surface area contributed by atoms with E-state index in [1.54, 1.807) is 6.92 Å². The molecule has 0 bridgehead atoms. The zero-order valence-electron chi connectivity index (χ0n) is 6.16. The lowest BCUT2D eigenvalue weighted by atomic mass is 10.4. The summed E-state index contributed by atoms with van der Waals surface area (Å²) in [5, 5.41) is 0. The van der Waals surface area contributed by atoms with Crippen LogP contribution in [-0.4, -0.2) is 24.5 Å². The molecule has 0 fully saturated rings. The van der Waals surface area contributed by atoms with Crippen molar-refractivity contribution in [2.45, 2.75) is 13.8 Å². The molecule has 10 heavy (non-hydrogen) atoms. The van der Waals surface area contributed by atoms with E-state index in [2.05, 4.69) is 9.98 Å². The van der Waals surface area contributed by atoms with E-state index in [9.17, 15) is 4.79 Å². The van der Waals surface area contributed by atoms with Crippen molar-refractivity contribution in [2.24, 2.45) is 15.7 Å². The van der Waals surface area contributed by atoms with E-state index in [1.807, 2.05) is 6.92 Å². The number of aliphatic imine (C=N–C) groups is 2. The monoisotopic (exact) mass is 141 g/mol. The van der Waals surface area contributed by atoms with Crippen LogP contribution in [0.15, 0.2) is 9.98 Å². The SMILES string of the molecule is CC/N=C\N=C(/C)C(N)=O. The van der Waals surface area contributed by atoms with Gasteiger partial charge in [0.2, 0.25) is 0 Å². The van der Waals surface area contributed by atoms with Crippen LogP contribution in [0, 0.1) is 0 Å². The van der Waals surface area contributed by atoms with Gasteiger partial charge >= 0.3 is 0 Å². The van der Waals surface area contributed by atoms with Crippen LogP contribution in [0.3, 0.4) is 0 Å². The first-order valence-corrected chi connectivity index (χ1v) is 3.01. The van der Waals surface area contributed by atoms with Gasteiger partial charge in [-0.1, -0.05) is 0 Å². The lowest BCUT2D eigenvalue weighted by molar-refractivity contribution is -0.112. The minimum absolute atomic E-state index is 0.275. The van der Waals surface area contributed by atoms with Gasteiger partial charge in [0.1, 0.15) is 12.1 Å². The number of hydrogen-bond acceptors (Lipinski definition) is 2. The fraction of sp³-hybridized carbons (Fsp3) is 0.500. The molecule has 0 heterocycles. The molecule has 0 spiro atoms. The second-order valence-corrected chi connectivity index (χ2v) is 1.69. The second-order valence-electron chi connectivity index (χ2n) is 1.69. The van der Waals surface area contributed by atoms with E-state index in [-0.39, 0.29) is 5.71 Å². The first-order chi connectivity index (χ1) is 4.68. The third-order valence-corrected chi connectivity index (χ3v) is 0.872. The fourth-order valence-electron chi connectivity index (χ4n) is 0.273. The first kappa shape index (κ1) is 8.81.